The van der Waals surface area contributed by atoms with E-state index >= 15 is 0 Å². The normalized spacial score (nSPS) is 12.7. The van der Waals surface area contributed by atoms with Gasteiger partial charge in [-0.2, -0.15) is 0 Å². The monoisotopic (exact) mass is 331 g/mol. The van der Waals surface area contributed by atoms with Crippen molar-refractivity contribution in [3.8, 4) is 10.6 Å². The Labute approximate surface area is 106 Å². The summed E-state index contributed by atoms with van der Waals surface area (Å²) in [5.41, 5.74) is 6.83. The van der Waals surface area contributed by atoms with Crippen LogP contribution >= 0.6 is 33.9 Å². The van der Waals surface area contributed by atoms with Crippen LogP contribution in [0.1, 0.15) is 18.0 Å². The van der Waals surface area contributed by atoms with Gasteiger partial charge in [0.25, 0.3) is 0 Å². The van der Waals surface area contributed by atoms with Gasteiger partial charge in [0.15, 0.2) is 0 Å². The highest BCUT2D eigenvalue weighted by molar-refractivity contribution is 14.1. The molecule has 1 heterocycles. The fourth-order valence-electron chi connectivity index (χ4n) is 1.13. The van der Waals surface area contributed by atoms with E-state index in [-0.39, 0.29) is 6.04 Å². The number of benzene rings is 1. The minimum absolute atomic E-state index is 0.0416. The number of rotatable bonds is 2. The number of halogens is 1. The maximum absolute atomic E-state index is 5.74. The summed E-state index contributed by atoms with van der Waals surface area (Å²) in [6.07, 6.45) is 0. The summed E-state index contributed by atoms with van der Waals surface area (Å²) >= 11 is 3.83. The smallest absolute Gasteiger partial charge is 0.147 e. The summed E-state index contributed by atoms with van der Waals surface area (Å²) in [5, 5.41) is 9.99. The van der Waals surface area contributed by atoms with Gasteiger partial charge < -0.3 is 5.73 Å². The van der Waals surface area contributed by atoms with Crippen molar-refractivity contribution in [2.75, 3.05) is 0 Å². The molecule has 1 atom stereocenters. The first kappa shape index (κ1) is 11.0. The highest BCUT2D eigenvalue weighted by Gasteiger charge is 2.09. The maximum atomic E-state index is 5.74. The van der Waals surface area contributed by atoms with Crippen LogP contribution in [0, 0.1) is 3.57 Å². The van der Waals surface area contributed by atoms with Crippen LogP contribution in [0.2, 0.25) is 0 Å². The van der Waals surface area contributed by atoms with E-state index in [0.717, 1.165) is 15.6 Å². The van der Waals surface area contributed by atoms with Gasteiger partial charge in [-0.25, -0.2) is 0 Å². The SMILES string of the molecule is CC(N)c1nnc(-c2ccc(I)cc2)s1. The van der Waals surface area contributed by atoms with Crippen molar-refractivity contribution in [2.24, 2.45) is 5.73 Å². The maximum Gasteiger partial charge on any atom is 0.147 e. The Hall–Kier alpha value is -0.530. The summed E-state index contributed by atoms with van der Waals surface area (Å²) in [6, 6.07) is 8.17. The molecule has 3 nitrogen and oxygen atoms in total. The van der Waals surface area contributed by atoms with E-state index in [1.165, 1.54) is 3.57 Å². The minimum atomic E-state index is -0.0416. The molecule has 0 aliphatic carbocycles. The Morgan fingerprint density at radius 2 is 1.93 bits per heavy atom. The molecule has 5 heteroatoms. The lowest BCUT2D eigenvalue weighted by atomic mass is 10.2. The first-order valence-corrected chi connectivity index (χ1v) is 6.41. The quantitative estimate of drug-likeness (QED) is 0.861. The van der Waals surface area contributed by atoms with Crippen LogP contribution in [0.15, 0.2) is 24.3 Å². The molecule has 0 saturated heterocycles. The molecule has 2 aromatic rings. The number of nitrogens with zero attached hydrogens (tertiary/aromatic N) is 2. The molecular formula is C10H10IN3S. The van der Waals surface area contributed by atoms with Crippen LogP contribution < -0.4 is 5.73 Å². The summed E-state index contributed by atoms with van der Waals surface area (Å²) < 4.78 is 1.22. The van der Waals surface area contributed by atoms with E-state index in [0.29, 0.717) is 0 Å². The lowest BCUT2D eigenvalue weighted by Crippen LogP contribution is -2.03. The van der Waals surface area contributed by atoms with Gasteiger partial charge in [0.05, 0.1) is 6.04 Å². The Morgan fingerprint density at radius 3 is 2.47 bits per heavy atom. The average Bonchev–Trinajstić information content (AvgIpc) is 2.68. The molecule has 0 saturated carbocycles. The zero-order valence-electron chi connectivity index (χ0n) is 8.14. The van der Waals surface area contributed by atoms with Crippen molar-refractivity contribution in [1.82, 2.24) is 10.2 Å². The second-order valence-corrected chi connectivity index (χ2v) is 5.50. The topological polar surface area (TPSA) is 51.8 Å². The molecule has 1 unspecified atom stereocenters. The fraction of sp³-hybridized carbons (Fsp3) is 0.200. The molecule has 0 aliphatic rings. The van der Waals surface area contributed by atoms with Crippen LogP contribution in [0.25, 0.3) is 10.6 Å². The summed E-state index contributed by atoms with van der Waals surface area (Å²) in [5.74, 6) is 0. The van der Waals surface area contributed by atoms with Crippen molar-refractivity contribution >= 4 is 33.9 Å². The molecule has 1 aromatic heterocycles. The molecule has 78 valence electrons. The Bertz CT molecular complexity index is 450. The van der Waals surface area contributed by atoms with E-state index in [1.807, 2.05) is 19.1 Å². The highest BCUT2D eigenvalue weighted by atomic mass is 127. The summed E-state index contributed by atoms with van der Waals surface area (Å²) in [7, 11) is 0. The van der Waals surface area contributed by atoms with Crippen molar-refractivity contribution in [3.63, 3.8) is 0 Å². The van der Waals surface area contributed by atoms with E-state index < -0.39 is 0 Å². The molecule has 0 amide bonds. The summed E-state index contributed by atoms with van der Waals surface area (Å²) in [4.78, 5) is 0. The van der Waals surface area contributed by atoms with Crippen molar-refractivity contribution in [1.29, 1.82) is 0 Å². The van der Waals surface area contributed by atoms with Crippen LogP contribution in [0.4, 0.5) is 0 Å². The van der Waals surface area contributed by atoms with Gasteiger partial charge in [-0.1, -0.05) is 23.5 Å². The first-order chi connectivity index (χ1) is 7.16. The van der Waals surface area contributed by atoms with E-state index in [9.17, 15) is 0 Å². The Kier molecular flexibility index (Phi) is 3.32. The number of nitrogens with two attached hydrogens (primary N) is 1. The standard InChI is InChI=1S/C10H10IN3S/c1-6(12)9-13-14-10(15-9)7-2-4-8(11)5-3-7/h2-6H,12H2,1H3. The molecule has 1 aromatic carbocycles. The molecular weight excluding hydrogens is 321 g/mol. The van der Waals surface area contributed by atoms with E-state index in [1.54, 1.807) is 11.3 Å². The molecule has 0 fully saturated rings. The van der Waals surface area contributed by atoms with Gasteiger partial charge in [-0.3, -0.25) is 0 Å². The molecule has 0 aliphatic heterocycles. The summed E-state index contributed by atoms with van der Waals surface area (Å²) in [6.45, 7) is 1.91. The third-order valence-corrected chi connectivity index (χ3v) is 3.81. The Morgan fingerprint density at radius 1 is 1.27 bits per heavy atom. The average molecular weight is 331 g/mol. The van der Waals surface area contributed by atoms with Crippen molar-refractivity contribution in [2.45, 2.75) is 13.0 Å². The predicted molar refractivity (Wildman–Crippen MR) is 70.7 cm³/mol. The fourth-order valence-corrected chi connectivity index (χ4v) is 2.29. The second kappa shape index (κ2) is 4.54. The van der Waals surface area contributed by atoms with Gasteiger partial charge >= 0.3 is 0 Å². The van der Waals surface area contributed by atoms with Crippen LogP contribution in [-0.4, -0.2) is 10.2 Å². The first-order valence-electron chi connectivity index (χ1n) is 4.52. The number of hydrogen-bond acceptors (Lipinski definition) is 4. The van der Waals surface area contributed by atoms with Crippen molar-refractivity contribution in [3.05, 3.63) is 32.8 Å². The van der Waals surface area contributed by atoms with Crippen LogP contribution in [0.3, 0.4) is 0 Å². The van der Waals surface area contributed by atoms with Crippen LogP contribution in [-0.2, 0) is 0 Å². The van der Waals surface area contributed by atoms with Crippen molar-refractivity contribution < 1.29 is 0 Å². The minimum Gasteiger partial charge on any atom is -0.322 e. The number of hydrogen-bond donors (Lipinski definition) is 1. The predicted octanol–water partition coefficient (Wildman–Crippen LogP) is 2.83. The molecule has 2 N–H and O–H groups in total. The van der Waals surface area contributed by atoms with E-state index in [2.05, 4.69) is 44.9 Å². The lowest BCUT2D eigenvalue weighted by Gasteiger charge is -1.96. The lowest BCUT2D eigenvalue weighted by molar-refractivity contribution is 0.786. The number of aromatic nitrogens is 2. The van der Waals surface area contributed by atoms with Gasteiger partial charge in [0.1, 0.15) is 10.0 Å². The van der Waals surface area contributed by atoms with E-state index in [4.69, 9.17) is 5.73 Å². The molecule has 2 rings (SSSR count). The zero-order valence-corrected chi connectivity index (χ0v) is 11.1. The van der Waals surface area contributed by atoms with Gasteiger partial charge in [0.2, 0.25) is 0 Å². The highest BCUT2D eigenvalue weighted by Crippen LogP contribution is 2.26. The van der Waals surface area contributed by atoms with Gasteiger partial charge in [-0.05, 0) is 41.6 Å². The Balaban J connectivity index is 2.33. The molecule has 0 bridgehead atoms. The second-order valence-electron chi connectivity index (χ2n) is 3.24. The zero-order chi connectivity index (χ0) is 10.8. The molecule has 0 spiro atoms. The van der Waals surface area contributed by atoms with Gasteiger partial charge in [0, 0.05) is 9.13 Å². The molecule has 15 heavy (non-hydrogen) atoms. The molecule has 0 radical (unpaired) electrons. The van der Waals surface area contributed by atoms with Crippen LogP contribution in [0.5, 0.6) is 0 Å². The third-order valence-electron chi connectivity index (χ3n) is 1.92. The third kappa shape index (κ3) is 2.53. The van der Waals surface area contributed by atoms with Gasteiger partial charge in [-0.15, -0.1) is 10.2 Å². The largest absolute Gasteiger partial charge is 0.322 e.